The minimum absolute atomic E-state index is 0.00611. The van der Waals surface area contributed by atoms with E-state index in [-0.39, 0.29) is 5.69 Å². The summed E-state index contributed by atoms with van der Waals surface area (Å²) in [7, 11) is 0. The summed E-state index contributed by atoms with van der Waals surface area (Å²) in [6.45, 7) is 2.08. The van der Waals surface area contributed by atoms with Gasteiger partial charge in [-0.05, 0) is 47.9 Å². The van der Waals surface area contributed by atoms with Crippen LogP contribution >= 0.6 is 34.7 Å². The molecule has 0 bridgehead atoms. The molecule has 0 unspecified atom stereocenters. The minimum atomic E-state index is -4.64. The Morgan fingerprint density at radius 1 is 1.03 bits per heavy atom. The first-order chi connectivity index (χ1) is 17.2. The van der Waals surface area contributed by atoms with Crippen LogP contribution in [0.25, 0.3) is 0 Å². The fraction of sp³-hybridized carbons (Fsp3) is 0.160. The van der Waals surface area contributed by atoms with Gasteiger partial charge >= 0.3 is 6.18 Å². The molecule has 1 heterocycles. The molecule has 1 aromatic heterocycles. The van der Waals surface area contributed by atoms with Crippen molar-refractivity contribution < 1.29 is 18.0 Å². The lowest BCUT2D eigenvalue weighted by atomic mass is 10.1. The molecule has 36 heavy (non-hydrogen) atoms. The molecule has 0 aliphatic carbocycles. The van der Waals surface area contributed by atoms with Crippen molar-refractivity contribution >= 4 is 57.1 Å². The molecule has 4 rings (SSSR count). The van der Waals surface area contributed by atoms with Crippen molar-refractivity contribution in [1.29, 1.82) is 0 Å². The first-order valence-corrected chi connectivity index (χ1v) is 12.9. The zero-order valence-electron chi connectivity index (χ0n) is 18.8. The number of anilines is 3. The Hall–Kier alpha value is -3.08. The summed E-state index contributed by atoms with van der Waals surface area (Å²) in [6, 6.07) is 20.2. The van der Waals surface area contributed by atoms with Gasteiger partial charge in [0.1, 0.15) is 5.25 Å². The van der Waals surface area contributed by atoms with E-state index in [9.17, 15) is 18.0 Å². The number of nitrogens with zero attached hydrogens (tertiary/aromatic N) is 2. The van der Waals surface area contributed by atoms with Gasteiger partial charge in [-0.1, -0.05) is 84.1 Å². The summed E-state index contributed by atoms with van der Waals surface area (Å²) in [5.41, 5.74) is 1.73. The minimum Gasteiger partial charge on any atom is -0.330 e. The highest BCUT2D eigenvalue weighted by Gasteiger charge is 2.34. The van der Waals surface area contributed by atoms with Gasteiger partial charge in [-0.15, -0.1) is 10.2 Å². The Morgan fingerprint density at radius 2 is 1.72 bits per heavy atom. The van der Waals surface area contributed by atoms with Crippen molar-refractivity contribution in [3.05, 3.63) is 94.5 Å². The second-order valence-corrected chi connectivity index (χ2v) is 10.4. The first-order valence-electron chi connectivity index (χ1n) is 10.8. The number of thioether (sulfide) groups is 1. The quantitative estimate of drug-likeness (QED) is 0.218. The molecule has 1 amide bonds. The molecule has 3 aromatic carbocycles. The number of aryl methyl sites for hydroxylation is 1. The molecule has 0 aliphatic heterocycles. The Morgan fingerprint density at radius 3 is 2.39 bits per heavy atom. The fourth-order valence-electron chi connectivity index (χ4n) is 3.28. The number of halogens is 4. The SMILES string of the molecule is CCc1ccc(Nc2nnc(S[C@H](C(=O)Nc3ccc(Cl)c(C(F)(F)F)c3)c3ccccc3)s2)cc1. The molecule has 0 saturated carbocycles. The molecule has 2 N–H and O–H groups in total. The zero-order chi connectivity index (χ0) is 25.7. The highest BCUT2D eigenvalue weighted by Crippen LogP contribution is 2.40. The summed E-state index contributed by atoms with van der Waals surface area (Å²) >= 11 is 8.14. The normalized spacial score (nSPS) is 12.2. The second-order valence-electron chi connectivity index (χ2n) is 7.64. The van der Waals surface area contributed by atoms with Crippen LogP contribution in [0.3, 0.4) is 0 Å². The third-order valence-corrected chi connectivity index (χ3v) is 7.63. The number of hydrogen-bond donors (Lipinski definition) is 2. The van der Waals surface area contributed by atoms with Crippen LogP contribution in [0, 0.1) is 0 Å². The molecular formula is C25H20ClF3N4OS2. The topological polar surface area (TPSA) is 66.9 Å². The maximum absolute atomic E-state index is 13.3. The van der Waals surface area contributed by atoms with Crippen LogP contribution in [0.5, 0.6) is 0 Å². The average Bonchev–Trinajstić information content (AvgIpc) is 3.31. The maximum Gasteiger partial charge on any atom is 0.417 e. The van der Waals surface area contributed by atoms with E-state index in [1.807, 2.05) is 30.3 Å². The predicted molar refractivity (Wildman–Crippen MR) is 139 cm³/mol. The number of aromatic nitrogens is 2. The van der Waals surface area contributed by atoms with Crippen molar-refractivity contribution in [2.75, 3.05) is 10.6 Å². The third-order valence-electron chi connectivity index (χ3n) is 5.12. The molecule has 0 saturated heterocycles. The molecule has 0 radical (unpaired) electrons. The molecule has 1 atom stereocenters. The van der Waals surface area contributed by atoms with Crippen LogP contribution in [-0.4, -0.2) is 16.1 Å². The molecule has 186 valence electrons. The van der Waals surface area contributed by atoms with Gasteiger partial charge in [0.15, 0.2) is 4.34 Å². The Balaban J connectivity index is 1.53. The van der Waals surface area contributed by atoms with Crippen molar-refractivity contribution in [2.45, 2.75) is 29.1 Å². The van der Waals surface area contributed by atoms with Crippen LogP contribution in [0.1, 0.15) is 28.9 Å². The van der Waals surface area contributed by atoms with E-state index < -0.39 is 27.9 Å². The van der Waals surface area contributed by atoms with Crippen molar-refractivity contribution in [1.82, 2.24) is 10.2 Å². The van der Waals surface area contributed by atoms with Crippen molar-refractivity contribution in [3.8, 4) is 0 Å². The molecular weight excluding hydrogens is 529 g/mol. The molecule has 5 nitrogen and oxygen atoms in total. The number of nitrogens with one attached hydrogen (secondary N) is 2. The third kappa shape index (κ3) is 6.57. The van der Waals surface area contributed by atoms with Gasteiger partial charge in [-0.25, -0.2) is 0 Å². The number of amides is 1. The summed E-state index contributed by atoms with van der Waals surface area (Å²) in [4.78, 5) is 13.2. The van der Waals surface area contributed by atoms with Crippen LogP contribution in [-0.2, 0) is 17.4 Å². The van der Waals surface area contributed by atoms with E-state index in [1.54, 1.807) is 24.3 Å². The molecule has 0 fully saturated rings. The van der Waals surface area contributed by atoms with Gasteiger partial charge in [0.05, 0.1) is 10.6 Å². The first kappa shape index (κ1) is 26.0. The van der Waals surface area contributed by atoms with Gasteiger partial charge in [0.25, 0.3) is 0 Å². The van der Waals surface area contributed by atoms with Gasteiger partial charge in [-0.3, -0.25) is 4.79 Å². The van der Waals surface area contributed by atoms with E-state index in [2.05, 4.69) is 27.8 Å². The van der Waals surface area contributed by atoms with Crippen molar-refractivity contribution in [3.63, 3.8) is 0 Å². The standard InChI is InChI=1S/C25H20ClF3N4OS2/c1-2-15-8-10-17(11-9-15)31-23-32-33-24(36-23)35-21(16-6-4-3-5-7-16)22(34)30-18-12-13-20(26)19(14-18)25(27,28)29/h3-14,21H,2H2,1H3,(H,30,34)(H,31,32)/t21-/m0/s1. The summed E-state index contributed by atoms with van der Waals surface area (Å²) < 4.78 is 40.3. The average molecular weight is 549 g/mol. The van der Waals surface area contributed by atoms with E-state index in [1.165, 1.54) is 23.0 Å². The van der Waals surface area contributed by atoms with Crippen molar-refractivity contribution in [2.24, 2.45) is 0 Å². The van der Waals surface area contributed by atoms with E-state index in [0.717, 1.165) is 36.0 Å². The number of benzene rings is 3. The highest BCUT2D eigenvalue weighted by molar-refractivity contribution is 8.02. The number of carbonyl (C=O) groups excluding carboxylic acids is 1. The lowest BCUT2D eigenvalue weighted by Gasteiger charge is -2.17. The van der Waals surface area contributed by atoms with Gasteiger partial charge in [-0.2, -0.15) is 13.2 Å². The number of hydrogen-bond acceptors (Lipinski definition) is 6. The fourth-order valence-corrected chi connectivity index (χ4v) is 5.47. The number of carbonyl (C=O) groups is 1. The van der Waals surface area contributed by atoms with Crippen LogP contribution < -0.4 is 10.6 Å². The summed E-state index contributed by atoms with van der Waals surface area (Å²) in [6.07, 6.45) is -3.70. The predicted octanol–water partition coefficient (Wildman–Crippen LogP) is 7.99. The molecule has 0 aliphatic rings. The maximum atomic E-state index is 13.3. The van der Waals surface area contributed by atoms with Gasteiger partial charge < -0.3 is 10.6 Å². The van der Waals surface area contributed by atoms with E-state index in [0.29, 0.717) is 15.0 Å². The van der Waals surface area contributed by atoms with Crippen LogP contribution in [0.15, 0.2) is 77.1 Å². The summed E-state index contributed by atoms with van der Waals surface area (Å²) in [5, 5.41) is 13.5. The van der Waals surface area contributed by atoms with Crippen LogP contribution in [0.4, 0.5) is 29.7 Å². The van der Waals surface area contributed by atoms with Crippen LogP contribution in [0.2, 0.25) is 5.02 Å². The van der Waals surface area contributed by atoms with Gasteiger partial charge in [0, 0.05) is 11.4 Å². The van der Waals surface area contributed by atoms with E-state index in [4.69, 9.17) is 11.6 Å². The summed E-state index contributed by atoms with van der Waals surface area (Å²) in [5.74, 6) is -0.499. The largest absolute Gasteiger partial charge is 0.417 e. The zero-order valence-corrected chi connectivity index (χ0v) is 21.2. The Bertz CT molecular complexity index is 1330. The lowest BCUT2D eigenvalue weighted by molar-refractivity contribution is -0.137. The Labute approximate surface area is 219 Å². The molecule has 4 aromatic rings. The Kier molecular flexibility index (Phi) is 8.17. The monoisotopic (exact) mass is 548 g/mol. The smallest absolute Gasteiger partial charge is 0.330 e. The van der Waals surface area contributed by atoms with Gasteiger partial charge in [0.2, 0.25) is 11.0 Å². The number of alkyl halides is 3. The highest BCUT2D eigenvalue weighted by atomic mass is 35.5. The molecule has 11 heteroatoms. The number of rotatable bonds is 8. The lowest BCUT2D eigenvalue weighted by Crippen LogP contribution is -2.19. The molecule has 0 spiro atoms. The second kappa shape index (κ2) is 11.3. The van der Waals surface area contributed by atoms with E-state index >= 15 is 0 Å².